The molecule has 0 aliphatic heterocycles. The average Bonchev–Trinajstić information content (AvgIpc) is 2.29. The first-order valence-corrected chi connectivity index (χ1v) is 4.72. The molecule has 0 radical (unpaired) electrons. The first-order valence-electron chi connectivity index (χ1n) is 4.72. The van der Waals surface area contributed by atoms with Crippen molar-refractivity contribution in [2.45, 2.75) is 12.6 Å². The van der Waals surface area contributed by atoms with Crippen LogP contribution in [-0.2, 0) is 26.9 Å². The highest BCUT2D eigenvalue weighted by atomic mass is 19.4. The first kappa shape index (κ1) is 14.1. The van der Waals surface area contributed by atoms with Crippen molar-refractivity contribution in [3.05, 3.63) is 35.1 Å². The lowest BCUT2D eigenvalue weighted by atomic mass is 10.1. The molecule has 1 aromatic carbocycles. The Kier molecular flexibility index (Phi) is 4.05. The second-order valence-corrected chi connectivity index (χ2v) is 3.40. The van der Waals surface area contributed by atoms with E-state index in [0.717, 1.165) is 13.2 Å². The summed E-state index contributed by atoms with van der Waals surface area (Å²) in [5.41, 5.74) is -1.45. The van der Waals surface area contributed by atoms with Crippen LogP contribution < -0.4 is 0 Å². The SMILES string of the molecule is COC(=O)C(=O)Cc1ccc(C(F)(F)F)cc1F. The predicted octanol–water partition coefficient (Wildman–Crippen LogP) is 2.13. The summed E-state index contributed by atoms with van der Waals surface area (Å²) in [6.45, 7) is 0. The summed E-state index contributed by atoms with van der Waals surface area (Å²) in [5, 5.41) is 0. The third kappa shape index (κ3) is 3.28. The minimum Gasteiger partial charge on any atom is -0.463 e. The lowest BCUT2D eigenvalue weighted by Gasteiger charge is -2.08. The molecule has 0 spiro atoms. The molecule has 0 amide bonds. The van der Waals surface area contributed by atoms with Gasteiger partial charge in [-0.3, -0.25) is 4.79 Å². The Morgan fingerprint density at radius 1 is 1.28 bits per heavy atom. The molecule has 18 heavy (non-hydrogen) atoms. The van der Waals surface area contributed by atoms with Crippen LogP contribution in [0, 0.1) is 5.82 Å². The first-order chi connectivity index (χ1) is 8.25. The van der Waals surface area contributed by atoms with Gasteiger partial charge in [-0.2, -0.15) is 13.2 Å². The van der Waals surface area contributed by atoms with E-state index in [1.165, 1.54) is 0 Å². The number of methoxy groups -OCH3 is 1. The molecule has 0 saturated carbocycles. The normalized spacial score (nSPS) is 11.2. The summed E-state index contributed by atoms with van der Waals surface area (Å²) < 4.78 is 54.1. The molecule has 0 fully saturated rings. The van der Waals surface area contributed by atoms with E-state index in [4.69, 9.17) is 0 Å². The number of carbonyl (C=O) groups excluding carboxylic acids is 2. The standard InChI is InChI=1S/C11H8F4O3/c1-18-10(17)9(16)4-6-2-3-7(5-8(6)12)11(13,14)15/h2-3,5H,4H2,1H3. The van der Waals surface area contributed by atoms with Crippen LogP contribution in [0.2, 0.25) is 0 Å². The number of hydrogen-bond donors (Lipinski definition) is 0. The highest BCUT2D eigenvalue weighted by Crippen LogP contribution is 2.30. The van der Waals surface area contributed by atoms with Crippen molar-refractivity contribution in [3.8, 4) is 0 Å². The molecule has 0 unspecified atom stereocenters. The van der Waals surface area contributed by atoms with Crippen molar-refractivity contribution in [2.24, 2.45) is 0 Å². The molecule has 0 heterocycles. The number of rotatable bonds is 3. The summed E-state index contributed by atoms with van der Waals surface area (Å²) in [6.07, 6.45) is -5.30. The van der Waals surface area contributed by atoms with Gasteiger partial charge in [0, 0.05) is 6.42 Å². The quantitative estimate of drug-likeness (QED) is 0.477. The van der Waals surface area contributed by atoms with E-state index in [1.807, 2.05) is 0 Å². The lowest BCUT2D eigenvalue weighted by molar-refractivity contribution is -0.151. The van der Waals surface area contributed by atoms with Crippen LogP contribution >= 0.6 is 0 Å². The van der Waals surface area contributed by atoms with Gasteiger partial charge in [-0.25, -0.2) is 9.18 Å². The van der Waals surface area contributed by atoms with E-state index >= 15 is 0 Å². The Labute approximate surface area is 99.4 Å². The Balaban J connectivity index is 2.94. The van der Waals surface area contributed by atoms with Gasteiger partial charge >= 0.3 is 12.1 Å². The maximum Gasteiger partial charge on any atom is 0.416 e. The molecule has 98 valence electrons. The summed E-state index contributed by atoms with van der Waals surface area (Å²) in [6, 6.07) is 1.74. The van der Waals surface area contributed by atoms with E-state index in [-0.39, 0.29) is 11.6 Å². The molecule has 0 N–H and O–H groups in total. The predicted molar refractivity (Wildman–Crippen MR) is 52.1 cm³/mol. The molecule has 0 bridgehead atoms. The van der Waals surface area contributed by atoms with Gasteiger partial charge in [0.1, 0.15) is 5.82 Å². The second kappa shape index (κ2) is 5.16. The van der Waals surface area contributed by atoms with Crippen LogP contribution in [-0.4, -0.2) is 18.9 Å². The smallest absolute Gasteiger partial charge is 0.416 e. The van der Waals surface area contributed by atoms with Gasteiger partial charge in [0.25, 0.3) is 0 Å². The zero-order valence-corrected chi connectivity index (χ0v) is 9.18. The summed E-state index contributed by atoms with van der Waals surface area (Å²) in [5.74, 6) is -3.40. The van der Waals surface area contributed by atoms with Crippen molar-refractivity contribution in [1.82, 2.24) is 0 Å². The van der Waals surface area contributed by atoms with Crippen LogP contribution in [0.3, 0.4) is 0 Å². The van der Waals surface area contributed by atoms with Gasteiger partial charge in [-0.15, -0.1) is 0 Å². The average molecular weight is 264 g/mol. The Morgan fingerprint density at radius 2 is 1.89 bits per heavy atom. The molecule has 3 nitrogen and oxygen atoms in total. The number of ketones is 1. The zero-order valence-electron chi connectivity index (χ0n) is 9.18. The van der Waals surface area contributed by atoms with E-state index in [2.05, 4.69) is 4.74 Å². The summed E-state index contributed by atoms with van der Waals surface area (Å²) in [7, 11) is 0.976. The Morgan fingerprint density at radius 3 is 2.33 bits per heavy atom. The zero-order chi connectivity index (χ0) is 13.9. The van der Waals surface area contributed by atoms with Gasteiger partial charge in [-0.05, 0) is 17.7 Å². The molecule has 0 aliphatic rings. The number of hydrogen-bond acceptors (Lipinski definition) is 3. The molecule has 7 heteroatoms. The maximum atomic E-state index is 13.3. The van der Waals surface area contributed by atoms with Gasteiger partial charge in [-0.1, -0.05) is 6.07 Å². The van der Waals surface area contributed by atoms with E-state index < -0.39 is 35.7 Å². The van der Waals surface area contributed by atoms with Crippen LogP contribution in [0.1, 0.15) is 11.1 Å². The number of benzene rings is 1. The molecule has 0 atom stereocenters. The van der Waals surface area contributed by atoms with Crippen molar-refractivity contribution in [3.63, 3.8) is 0 Å². The Bertz CT molecular complexity index is 480. The van der Waals surface area contributed by atoms with Gasteiger partial charge < -0.3 is 4.74 Å². The molecule has 0 aliphatic carbocycles. The monoisotopic (exact) mass is 264 g/mol. The van der Waals surface area contributed by atoms with Crippen LogP contribution in [0.25, 0.3) is 0 Å². The van der Waals surface area contributed by atoms with E-state index in [1.54, 1.807) is 0 Å². The number of alkyl halides is 3. The topological polar surface area (TPSA) is 43.4 Å². The highest BCUT2D eigenvalue weighted by Gasteiger charge is 2.31. The van der Waals surface area contributed by atoms with Crippen LogP contribution in [0.4, 0.5) is 17.6 Å². The number of ether oxygens (including phenoxy) is 1. The van der Waals surface area contributed by atoms with Gasteiger partial charge in [0.15, 0.2) is 0 Å². The van der Waals surface area contributed by atoms with Crippen molar-refractivity contribution in [1.29, 1.82) is 0 Å². The number of carbonyl (C=O) groups is 2. The molecule has 1 aromatic rings. The van der Waals surface area contributed by atoms with Gasteiger partial charge in [0.05, 0.1) is 12.7 Å². The van der Waals surface area contributed by atoms with Crippen LogP contribution in [0.15, 0.2) is 18.2 Å². The molecule has 0 saturated heterocycles. The summed E-state index contributed by atoms with van der Waals surface area (Å²) in [4.78, 5) is 21.9. The largest absolute Gasteiger partial charge is 0.463 e. The third-order valence-electron chi connectivity index (χ3n) is 2.14. The fourth-order valence-electron chi connectivity index (χ4n) is 1.23. The third-order valence-corrected chi connectivity index (χ3v) is 2.14. The van der Waals surface area contributed by atoms with Gasteiger partial charge in [0.2, 0.25) is 5.78 Å². The fourth-order valence-corrected chi connectivity index (χ4v) is 1.23. The van der Waals surface area contributed by atoms with Crippen molar-refractivity contribution in [2.75, 3.05) is 7.11 Å². The number of Topliss-reactive ketones (excluding diaryl/α,β-unsaturated/α-hetero) is 1. The minimum atomic E-state index is -4.66. The summed E-state index contributed by atoms with van der Waals surface area (Å²) >= 11 is 0. The number of halogens is 4. The van der Waals surface area contributed by atoms with E-state index in [9.17, 15) is 27.2 Å². The number of esters is 1. The van der Waals surface area contributed by atoms with Crippen molar-refractivity contribution < 1.29 is 31.9 Å². The van der Waals surface area contributed by atoms with Crippen LogP contribution in [0.5, 0.6) is 0 Å². The Hall–Kier alpha value is -1.92. The molecule has 0 aromatic heterocycles. The molecular formula is C11H8F4O3. The fraction of sp³-hybridized carbons (Fsp3) is 0.273. The second-order valence-electron chi connectivity index (χ2n) is 3.40. The maximum absolute atomic E-state index is 13.3. The molecular weight excluding hydrogens is 256 g/mol. The highest BCUT2D eigenvalue weighted by molar-refractivity contribution is 6.34. The molecule has 1 rings (SSSR count). The lowest BCUT2D eigenvalue weighted by Crippen LogP contribution is -2.18. The minimum absolute atomic E-state index is 0.278. The van der Waals surface area contributed by atoms with Crippen molar-refractivity contribution >= 4 is 11.8 Å². The van der Waals surface area contributed by atoms with E-state index in [0.29, 0.717) is 6.07 Å².